The molecule has 1 amide bonds. The van der Waals surface area contributed by atoms with Crippen molar-refractivity contribution in [3.63, 3.8) is 0 Å². The van der Waals surface area contributed by atoms with Crippen LogP contribution in [0.2, 0.25) is 0 Å². The lowest BCUT2D eigenvalue weighted by Crippen LogP contribution is -2.25. The largest absolute Gasteiger partial charge is 0.472 e. The van der Waals surface area contributed by atoms with Crippen LogP contribution in [-0.4, -0.2) is 60.3 Å². The highest BCUT2D eigenvalue weighted by atomic mass is 31.2. The predicted molar refractivity (Wildman–Crippen MR) is 59.5 cm³/mol. The molecule has 0 aromatic carbocycles. The number of phosphoric ester groups is 1. The van der Waals surface area contributed by atoms with Crippen molar-refractivity contribution in [3.8, 4) is 0 Å². The van der Waals surface area contributed by atoms with Crippen LogP contribution in [0.3, 0.4) is 0 Å². The lowest BCUT2D eigenvalue weighted by molar-refractivity contribution is -0.119. The third-order valence-corrected chi connectivity index (χ3v) is 2.65. The molecule has 0 heterocycles. The Morgan fingerprint density at radius 1 is 1.39 bits per heavy atom. The van der Waals surface area contributed by atoms with Crippen molar-refractivity contribution in [1.29, 1.82) is 0 Å². The van der Waals surface area contributed by atoms with Gasteiger partial charge in [-0.2, -0.15) is 0 Å². The molecule has 18 heavy (non-hydrogen) atoms. The Hall–Kier alpha value is -0.540. The topological polar surface area (TPSA) is 135 Å². The van der Waals surface area contributed by atoms with Crippen molar-refractivity contribution in [2.75, 3.05) is 33.2 Å². The number of hydrogen-bond donors (Lipinski definition) is 4. The first-order valence-corrected chi connectivity index (χ1v) is 6.60. The fraction of sp³-hybridized carbons (Fsp3) is 0.875. The number of hydrogen-bond acceptors (Lipinski definition) is 7. The quantitative estimate of drug-likeness (QED) is 0.218. The summed E-state index contributed by atoms with van der Waals surface area (Å²) < 4.78 is 24.9. The van der Waals surface area contributed by atoms with Gasteiger partial charge in [-0.15, -0.1) is 0 Å². The van der Waals surface area contributed by atoms with Crippen molar-refractivity contribution in [2.24, 2.45) is 0 Å². The van der Waals surface area contributed by atoms with Gasteiger partial charge < -0.3 is 25.2 Å². The highest BCUT2D eigenvalue weighted by Gasteiger charge is 2.23. The minimum Gasteiger partial charge on any atom is -0.394 e. The molecule has 0 aromatic rings. The van der Waals surface area contributed by atoms with E-state index in [2.05, 4.69) is 19.1 Å². The molecule has 0 saturated carbocycles. The maximum atomic E-state index is 11.3. The molecule has 0 aliphatic rings. The molecular weight excluding hydrogens is 269 g/mol. The van der Waals surface area contributed by atoms with Crippen LogP contribution >= 0.6 is 7.82 Å². The van der Waals surface area contributed by atoms with Crippen LogP contribution in [0.1, 0.15) is 6.92 Å². The smallest absolute Gasteiger partial charge is 0.394 e. The van der Waals surface area contributed by atoms with Crippen LogP contribution in [0.4, 0.5) is 0 Å². The van der Waals surface area contributed by atoms with Crippen LogP contribution < -0.4 is 5.32 Å². The Bertz CT molecular complexity index is 286. The van der Waals surface area contributed by atoms with Crippen molar-refractivity contribution in [3.05, 3.63) is 0 Å². The minimum atomic E-state index is -4.27. The molecule has 0 saturated heterocycles. The molecule has 108 valence electrons. The molecule has 0 radical (unpaired) electrons. The van der Waals surface area contributed by atoms with Gasteiger partial charge in [0.25, 0.3) is 0 Å². The van der Waals surface area contributed by atoms with Crippen molar-refractivity contribution in [1.82, 2.24) is 5.32 Å². The molecule has 0 aliphatic carbocycles. The molecular formula is C8H18NO8P. The third kappa shape index (κ3) is 9.49. The standard InChI is InChI=1S/C8H18NO8P/c1-7(12)9-2-3-16-18(13,14)17-5-8(4-10)15-6-11/h8,10-11H,2-6H2,1H3,(H,9,12)(H,13,14). The summed E-state index contributed by atoms with van der Waals surface area (Å²) in [4.78, 5) is 19.7. The van der Waals surface area contributed by atoms with Gasteiger partial charge in [0.15, 0.2) is 0 Å². The number of carbonyl (C=O) groups excluding carboxylic acids is 1. The average Bonchev–Trinajstić information content (AvgIpc) is 2.30. The van der Waals surface area contributed by atoms with Gasteiger partial charge in [0.1, 0.15) is 12.9 Å². The number of amides is 1. The molecule has 10 heteroatoms. The van der Waals surface area contributed by atoms with Crippen molar-refractivity contribution >= 4 is 13.7 Å². The van der Waals surface area contributed by atoms with Crippen molar-refractivity contribution in [2.45, 2.75) is 13.0 Å². The number of rotatable bonds is 10. The van der Waals surface area contributed by atoms with Gasteiger partial charge in [0.05, 0.1) is 19.8 Å². The van der Waals surface area contributed by atoms with Gasteiger partial charge in [-0.3, -0.25) is 13.8 Å². The third-order valence-electron chi connectivity index (χ3n) is 1.67. The minimum absolute atomic E-state index is 0.0693. The summed E-state index contributed by atoms with van der Waals surface area (Å²) in [6.45, 7) is -0.365. The molecule has 0 spiro atoms. The number of ether oxygens (including phenoxy) is 1. The van der Waals surface area contributed by atoms with E-state index >= 15 is 0 Å². The zero-order valence-electron chi connectivity index (χ0n) is 9.94. The highest BCUT2D eigenvalue weighted by Crippen LogP contribution is 2.42. The maximum Gasteiger partial charge on any atom is 0.472 e. The monoisotopic (exact) mass is 287 g/mol. The SMILES string of the molecule is CC(=O)NCCOP(=O)(O)OCC(CO)OCO. The van der Waals surface area contributed by atoms with E-state index in [1.54, 1.807) is 0 Å². The van der Waals surface area contributed by atoms with Crippen LogP contribution in [0.25, 0.3) is 0 Å². The van der Waals surface area contributed by atoms with Gasteiger partial charge in [-0.25, -0.2) is 4.57 Å². The van der Waals surface area contributed by atoms with Gasteiger partial charge in [-0.05, 0) is 0 Å². The normalized spacial score (nSPS) is 16.0. The van der Waals surface area contributed by atoms with E-state index in [0.29, 0.717) is 0 Å². The molecule has 0 rings (SSSR count). The summed E-state index contributed by atoms with van der Waals surface area (Å²) in [5.74, 6) is -0.288. The summed E-state index contributed by atoms with van der Waals surface area (Å²) in [5, 5.41) is 19.5. The fourth-order valence-electron chi connectivity index (χ4n) is 0.862. The number of phosphoric acid groups is 1. The van der Waals surface area contributed by atoms with E-state index in [9.17, 15) is 14.3 Å². The first kappa shape index (κ1) is 17.5. The number of nitrogens with one attached hydrogen (secondary N) is 1. The summed E-state index contributed by atoms with van der Waals surface area (Å²) in [6, 6.07) is 0. The summed E-state index contributed by atoms with van der Waals surface area (Å²) >= 11 is 0. The fourth-order valence-corrected chi connectivity index (χ4v) is 1.61. The molecule has 4 N–H and O–H groups in total. The number of carbonyl (C=O) groups is 1. The first-order chi connectivity index (χ1) is 8.41. The number of aliphatic hydroxyl groups is 2. The Morgan fingerprint density at radius 2 is 2.06 bits per heavy atom. The second-order valence-electron chi connectivity index (χ2n) is 3.18. The van der Waals surface area contributed by atoms with Crippen LogP contribution in [-0.2, 0) is 23.1 Å². The van der Waals surface area contributed by atoms with E-state index in [4.69, 9.17) is 10.2 Å². The Kier molecular flexibility index (Phi) is 9.12. The Labute approximate surface area is 104 Å². The van der Waals surface area contributed by atoms with Crippen LogP contribution in [0, 0.1) is 0 Å². The molecule has 0 aliphatic heterocycles. The lowest BCUT2D eigenvalue weighted by Gasteiger charge is -2.16. The second-order valence-corrected chi connectivity index (χ2v) is 4.63. The summed E-state index contributed by atoms with van der Waals surface area (Å²) in [5.41, 5.74) is 0. The van der Waals surface area contributed by atoms with Gasteiger partial charge in [-0.1, -0.05) is 0 Å². The maximum absolute atomic E-state index is 11.3. The first-order valence-electron chi connectivity index (χ1n) is 5.11. The van der Waals surface area contributed by atoms with E-state index in [1.165, 1.54) is 6.92 Å². The highest BCUT2D eigenvalue weighted by molar-refractivity contribution is 7.47. The molecule has 0 bridgehead atoms. The Balaban J connectivity index is 3.84. The van der Waals surface area contributed by atoms with Crippen LogP contribution in [0.15, 0.2) is 0 Å². The number of aliphatic hydroxyl groups excluding tert-OH is 2. The van der Waals surface area contributed by atoms with Gasteiger partial charge >= 0.3 is 7.82 Å². The zero-order valence-corrected chi connectivity index (χ0v) is 10.8. The van der Waals surface area contributed by atoms with E-state index in [1.807, 2.05) is 0 Å². The Morgan fingerprint density at radius 3 is 2.56 bits per heavy atom. The molecule has 0 aromatic heterocycles. The van der Waals surface area contributed by atoms with Gasteiger partial charge in [0.2, 0.25) is 5.91 Å². The van der Waals surface area contributed by atoms with E-state index in [0.717, 1.165) is 0 Å². The van der Waals surface area contributed by atoms with Crippen LogP contribution in [0.5, 0.6) is 0 Å². The molecule has 0 fully saturated rings. The van der Waals surface area contributed by atoms with Crippen molar-refractivity contribution < 1.29 is 38.3 Å². The molecule has 2 unspecified atom stereocenters. The van der Waals surface area contributed by atoms with Gasteiger partial charge in [0, 0.05) is 13.5 Å². The van der Waals surface area contributed by atoms with E-state index < -0.39 is 33.9 Å². The zero-order chi connectivity index (χ0) is 14.0. The average molecular weight is 287 g/mol. The molecule has 9 nitrogen and oxygen atoms in total. The summed E-state index contributed by atoms with van der Waals surface area (Å²) in [6.07, 6.45) is -0.922. The lowest BCUT2D eigenvalue weighted by atomic mass is 10.4. The summed E-state index contributed by atoms with van der Waals surface area (Å²) in [7, 11) is -4.27. The predicted octanol–water partition coefficient (Wildman–Crippen LogP) is -1.42. The second kappa shape index (κ2) is 9.40. The van der Waals surface area contributed by atoms with E-state index in [-0.39, 0.29) is 19.1 Å². The molecule has 2 atom stereocenters.